The minimum atomic E-state index is -0.402. The molecular formula is C16H18N2O3. The Balaban J connectivity index is 2.29. The Hall–Kier alpha value is -2.43. The van der Waals surface area contributed by atoms with E-state index in [1.165, 1.54) is 4.90 Å². The first-order valence-corrected chi connectivity index (χ1v) is 6.96. The monoisotopic (exact) mass is 286 g/mol. The molecule has 0 radical (unpaired) electrons. The topological polar surface area (TPSA) is 59.5 Å². The van der Waals surface area contributed by atoms with E-state index in [0.717, 1.165) is 5.39 Å². The van der Waals surface area contributed by atoms with Gasteiger partial charge in [-0.25, -0.2) is 0 Å². The lowest BCUT2D eigenvalue weighted by Crippen LogP contribution is -2.36. The van der Waals surface area contributed by atoms with Crippen LogP contribution in [0, 0.1) is 0 Å². The van der Waals surface area contributed by atoms with Crippen molar-refractivity contribution in [3.63, 3.8) is 0 Å². The van der Waals surface area contributed by atoms with Crippen molar-refractivity contribution in [2.45, 2.75) is 13.8 Å². The summed E-state index contributed by atoms with van der Waals surface area (Å²) >= 11 is 0. The predicted octanol–water partition coefficient (Wildman–Crippen LogP) is 2.26. The van der Waals surface area contributed by atoms with Gasteiger partial charge in [0.15, 0.2) is 0 Å². The van der Waals surface area contributed by atoms with Crippen molar-refractivity contribution in [1.29, 1.82) is 0 Å². The van der Waals surface area contributed by atoms with E-state index < -0.39 is 5.97 Å². The quantitative estimate of drug-likeness (QED) is 0.791. The minimum absolute atomic E-state index is 0.0492. The third-order valence-corrected chi connectivity index (χ3v) is 3.16. The number of carbonyl (C=O) groups is 2. The molecule has 5 heteroatoms. The maximum atomic E-state index is 12.6. The highest BCUT2D eigenvalue weighted by Crippen LogP contribution is 2.17. The molecule has 1 amide bonds. The van der Waals surface area contributed by atoms with Crippen LogP contribution in [0.5, 0.6) is 0 Å². The van der Waals surface area contributed by atoms with Gasteiger partial charge in [0, 0.05) is 18.1 Å². The molecule has 0 spiro atoms. The number of fused-ring (bicyclic) bond motifs is 1. The first-order valence-electron chi connectivity index (χ1n) is 6.96. The van der Waals surface area contributed by atoms with Crippen molar-refractivity contribution in [2.24, 2.45) is 0 Å². The Bertz CT molecular complexity index is 650. The Morgan fingerprint density at radius 1 is 1.19 bits per heavy atom. The van der Waals surface area contributed by atoms with Crippen LogP contribution in [-0.2, 0) is 9.53 Å². The smallest absolute Gasteiger partial charge is 0.325 e. The van der Waals surface area contributed by atoms with Crippen LogP contribution in [0.4, 0.5) is 0 Å². The number of nitrogens with zero attached hydrogens (tertiary/aromatic N) is 2. The number of hydrogen-bond donors (Lipinski definition) is 0. The zero-order chi connectivity index (χ0) is 15.2. The summed E-state index contributed by atoms with van der Waals surface area (Å²) in [4.78, 5) is 29.9. The second kappa shape index (κ2) is 6.83. The second-order valence-corrected chi connectivity index (χ2v) is 4.51. The molecule has 0 atom stereocenters. The standard InChI is InChI=1S/C16H18N2O3/c1-3-18(11-14(19)21-4-2)16(20)13-9-5-7-12-8-6-10-17-15(12)13/h5-10H,3-4,11H2,1-2H3. The number of pyridine rings is 1. The number of hydrogen-bond acceptors (Lipinski definition) is 4. The van der Waals surface area contributed by atoms with Crippen LogP contribution in [0.2, 0.25) is 0 Å². The van der Waals surface area contributed by atoms with E-state index in [1.54, 1.807) is 19.2 Å². The lowest BCUT2D eigenvalue weighted by atomic mass is 10.1. The molecule has 0 saturated carbocycles. The first-order chi connectivity index (χ1) is 10.2. The number of ether oxygens (including phenoxy) is 1. The van der Waals surface area contributed by atoms with Crippen LogP contribution < -0.4 is 0 Å². The molecule has 0 aliphatic rings. The lowest BCUT2D eigenvalue weighted by Gasteiger charge is -2.20. The molecule has 0 aliphatic carbocycles. The van der Waals surface area contributed by atoms with Crippen LogP contribution in [0.1, 0.15) is 24.2 Å². The molecule has 1 heterocycles. The molecule has 110 valence electrons. The maximum Gasteiger partial charge on any atom is 0.325 e. The predicted molar refractivity (Wildman–Crippen MR) is 80.0 cm³/mol. The molecule has 0 fully saturated rings. The van der Waals surface area contributed by atoms with E-state index >= 15 is 0 Å². The highest BCUT2D eigenvalue weighted by atomic mass is 16.5. The van der Waals surface area contributed by atoms with Crippen LogP contribution in [-0.4, -0.2) is 41.5 Å². The van der Waals surface area contributed by atoms with Gasteiger partial charge in [0.05, 0.1) is 17.7 Å². The molecule has 1 aromatic heterocycles. The van der Waals surface area contributed by atoms with Gasteiger partial charge >= 0.3 is 5.97 Å². The third kappa shape index (κ3) is 3.37. The van der Waals surface area contributed by atoms with Crippen LogP contribution in [0.15, 0.2) is 36.5 Å². The minimum Gasteiger partial charge on any atom is -0.465 e. The fourth-order valence-electron chi connectivity index (χ4n) is 2.14. The lowest BCUT2D eigenvalue weighted by molar-refractivity contribution is -0.143. The molecule has 0 N–H and O–H groups in total. The molecule has 0 unspecified atom stereocenters. The van der Waals surface area contributed by atoms with E-state index in [9.17, 15) is 9.59 Å². The number of likely N-dealkylation sites (N-methyl/N-ethyl adjacent to an activating group) is 1. The number of aromatic nitrogens is 1. The number of benzene rings is 1. The summed E-state index contributed by atoms with van der Waals surface area (Å²) in [6.07, 6.45) is 1.65. The van der Waals surface area contributed by atoms with Gasteiger partial charge in [0.1, 0.15) is 6.54 Å². The summed E-state index contributed by atoms with van der Waals surface area (Å²) in [5, 5.41) is 0.899. The van der Waals surface area contributed by atoms with Crippen LogP contribution in [0.25, 0.3) is 10.9 Å². The average molecular weight is 286 g/mol. The molecule has 2 aromatic rings. The highest BCUT2D eigenvalue weighted by molar-refractivity contribution is 6.06. The van der Waals surface area contributed by atoms with Crippen LogP contribution in [0.3, 0.4) is 0 Å². The third-order valence-electron chi connectivity index (χ3n) is 3.16. The van der Waals surface area contributed by atoms with Crippen molar-refractivity contribution < 1.29 is 14.3 Å². The molecule has 0 bridgehead atoms. The van der Waals surface area contributed by atoms with Gasteiger partial charge in [-0.05, 0) is 26.0 Å². The molecule has 0 saturated heterocycles. The summed E-state index contributed by atoms with van der Waals surface area (Å²) in [6, 6.07) is 9.18. The van der Waals surface area contributed by atoms with Crippen molar-refractivity contribution in [3.8, 4) is 0 Å². The Morgan fingerprint density at radius 2 is 1.95 bits per heavy atom. The fraction of sp³-hybridized carbons (Fsp3) is 0.312. The van der Waals surface area contributed by atoms with Gasteiger partial charge in [0.2, 0.25) is 0 Å². The van der Waals surface area contributed by atoms with Crippen molar-refractivity contribution >= 4 is 22.8 Å². The van der Waals surface area contributed by atoms with E-state index in [-0.39, 0.29) is 12.5 Å². The van der Waals surface area contributed by atoms with Crippen molar-refractivity contribution in [2.75, 3.05) is 19.7 Å². The SMILES string of the molecule is CCOC(=O)CN(CC)C(=O)c1cccc2cccnc12. The summed E-state index contributed by atoms with van der Waals surface area (Å²) in [5.41, 5.74) is 1.14. The Morgan fingerprint density at radius 3 is 2.67 bits per heavy atom. The van der Waals surface area contributed by atoms with Gasteiger partial charge in [-0.1, -0.05) is 18.2 Å². The van der Waals surface area contributed by atoms with Gasteiger partial charge in [0.25, 0.3) is 5.91 Å². The van der Waals surface area contributed by atoms with Gasteiger partial charge < -0.3 is 9.64 Å². The molecule has 1 aromatic carbocycles. The van der Waals surface area contributed by atoms with Crippen LogP contribution >= 0.6 is 0 Å². The fourth-order valence-corrected chi connectivity index (χ4v) is 2.14. The van der Waals surface area contributed by atoms with Crippen molar-refractivity contribution in [3.05, 3.63) is 42.1 Å². The molecule has 5 nitrogen and oxygen atoms in total. The average Bonchev–Trinajstić information content (AvgIpc) is 2.51. The van der Waals surface area contributed by atoms with Gasteiger partial charge in [-0.3, -0.25) is 14.6 Å². The largest absolute Gasteiger partial charge is 0.465 e. The Labute approximate surface area is 123 Å². The van der Waals surface area contributed by atoms with Gasteiger partial charge in [-0.2, -0.15) is 0 Å². The first kappa shape index (κ1) is 15.0. The number of esters is 1. The molecule has 0 aliphatic heterocycles. The Kier molecular flexibility index (Phi) is 4.87. The van der Waals surface area contributed by atoms with E-state index in [2.05, 4.69) is 4.98 Å². The molecule has 21 heavy (non-hydrogen) atoms. The number of rotatable bonds is 5. The highest BCUT2D eigenvalue weighted by Gasteiger charge is 2.20. The number of para-hydroxylation sites is 1. The van der Waals surface area contributed by atoms with Gasteiger partial charge in [-0.15, -0.1) is 0 Å². The van der Waals surface area contributed by atoms with Crippen molar-refractivity contribution in [1.82, 2.24) is 9.88 Å². The summed E-state index contributed by atoms with van der Waals surface area (Å²) in [6.45, 7) is 4.26. The summed E-state index contributed by atoms with van der Waals surface area (Å²) in [5.74, 6) is -0.615. The van der Waals surface area contributed by atoms with E-state index in [4.69, 9.17) is 4.74 Å². The summed E-state index contributed by atoms with van der Waals surface area (Å²) in [7, 11) is 0. The summed E-state index contributed by atoms with van der Waals surface area (Å²) < 4.78 is 4.90. The molecular weight excluding hydrogens is 268 g/mol. The van der Waals surface area contributed by atoms with E-state index in [0.29, 0.717) is 24.2 Å². The molecule has 2 rings (SSSR count). The maximum absolute atomic E-state index is 12.6. The number of amides is 1. The second-order valence-electron chi connectivity index (χ2n) is 4.51. The zero-order valence-corrected chi connectivity index (χ0v) is 12.2. The zero-order valence-electron chi connectivity index (χ0n) is 12.2. The van der Waals surface area contributed by atoms with E-state index in [1.807, 2.05) is 31.2 Å². The normalized spacial score (nSPS) is 10.4. The number of carbonyl (C=O) groups excluding carboxylic acids is 2.